The fourth-order valence-electron chi connectivity index (χ4n) is 2.02. The van der Waals surface area contributed by atoms with Gasteiger partial charge >= 0.3 is 12.0 Å². The second-order valence-electron chi connectivity index (χ2n) is 4.70. The van der Waals surface area contributed by atoms with E-state index in [0.717, 1.165) is 19.4 Å². The van der Waals surface area contributed by atoms with Gasteiger partial charge in [-0.2, -0.15) is 0 Å². The van der Waals surface area contributed by atoms with Crippen molar-refractivity contribution in [3.63, 3.8) is 0 Å². The first kappa shape index (κ1) is 14.7. The predicted molar refractivity (Wildman–Crippen MR) is 65.3 cm³/mol. The fourth-order valence-corrected chi connectivity index (χ4v) is 2.02. The molecule has 0 aromatic rings. The normalized spacial score (nSPS) is 21.6. The van der Waals surface area contributed by atoms with E-state index in [1.807, 2.05) is 7.05 Å². The number of hydrogen-bond acceptors (Lipinski definition) is 4. The third-order valence-electron chi connectivity index (χ3n) is 3.23. The highest BCUT2D eigenvalue weighted by molar-refractivity contribution is 5.76. The molecule has 0 aromatic heterocycles. The van der Waals surface area contributed by atoms with Gasteiger partial charge in [-0.25, -0.2) is 9.59 Å². The number of nitrogens with zero attached hydrogens (tertiary/aromatic N) is 2. The summed E-state index contributed by atoms with van der Waals surface area (Å²) in [7, 11) is 3.69. The van der Waals surface area contributed by atoms with Crippen molar-refractivity contribution in [2.24, 2.45) is 0 Å². The minimum absolute atomic E-state index is 0.279. The number of amides is 2. The van der Waals surface area contributed by atoms with Gasteiger partial charge in [0.2, 0.25) is 0 Å². The van der Waals surface area contributed by atoms with Crippen molar-refractivity contribution >= 4 is 12.0 Å². The lowest BCUT2D eigenvalue weighted by Gasteiger charge is -2.26. The maximum absolute atomic E-state index is 11.7. The number of carboxylic acid groups (broad SMARTS) is 1. The maximum Gasteiger partial charge on any atom is 0.334 e. The molecule has 18 heavy (non-hydrogen) atoms. The van der Waals surface area contributed by atoms with Crippen LogP contribution in [0.4, 0.5) is 4.79 Å². The minimum atomic E-state index is -1.56. The molecule has 0 radical (unpaired) electrons. The zero-order valence-corrected chi connectivity index (χ0v) is 10.8. The molecule has 1 unspecified atom stereocenters. The molecule has 1 aliphatic rings. The van der Waals surface area contributed by atoms with Crippen LogP contribution in [0.2, 0.25) is 0 Å². The Kier molecular flexibility index (Phi) is 5.36. The van der Waals surface area contributed by atoms with Crippen molar-refractivity contribution in [2.75, 3.05) is 33.7 Å². The fraction of sp³-hybridized carbons (Fsp3) is 0.818. The number of aliphatic hydroxyl groups is 1. The van der Waals surface area contributed by atoms with Crippen LogP contribution >= 0.6 is 0 Å². The van der Waals surface area contributed by atoms with E-state index in [1.165, 1.54) is 4.90 Å². The molecule has 7 nitrogen and oxygen atoms in total. The number of rotatable bonds is 5. The molecule has 1 rings (SSSR count). The summed E-state index contributed by atoms with van der Waals surface area (Å²) < 4.78 is 0. The van der Waals surface area contributed by atoms with Gasteiger partial charge in [-0.3, -0.25) is 0 Å². The highest BCUT2D eigenvalue weighted by Crippen LogP contribution is 2.15. The minimum Gasteiger partial charge on any atom is -0.479 e. The molecule has 0 saturated carbocycles. The number of aliphatic carboxylic acids is 1. The summed E-state index contributed by atoms with van der Waals surface area (Å²) in [6, 6.07) is -0.0132. The molecule has 0 aromatic carbocycles. The van der Waals surface area contributed by atoms with Crippen molar-refractivity contribution in [3.8, 4) is 0 Å². The first-order valence-corrected chi connectivity index (χ1v) is 6.02. The number of carbonyl (C=O) groups excluding carboxylic acids is 1. The quantitative estimate of drug-likeness (QED) is 0.599. The molecular weight excluding hydrogens is 238 g/mol. The van der Waals surface area contributed by atoms with Gasteiger partial charge in [0.15, 0.2) is 6.10 Å². The smallest absolute Gasteiger partial charge is 0.334 e. The highest BCUT2D eigenvalue weighted by atomic mass is 16.4. The molecule has 2 amide bonds. The zero-order valence-electron chi connectivity index (χ0n) is 10.8. The summed E-state index contributed by atoms with van der Waals surface area (Å²) in [5, 5.41) is 19.9. The van der Waals surface area contributed by atoms with Crippen LogP contribution in [0.25, 0.3) is 0 Å². The zero-order chi connectivity index (χ0) is 13.7. The number of likely N-dealkylation sites (N-methyl/N-ethyl adjacent to an activating group) is 2. The van der Waals surface area contributed by atoms with Crippen molar-refractivity contribution in [1.82, 2.24) is 15.1 Å². The topological polar surface area (TPSA) is 93.1 Å². The Bertz CT molecular complexity index is 311. The predicted octanol–water partition coefficient (Wildman–Crippen LogP) is -0.832. The van der Waals surface area contributed by atoms with E-state index in [-0.39, 0.29) is 12.6 Å². The lowest BCUT2D eigenvalue weighted by Crippen LogP contribution is -2.46. The Morgan fingerprint density at radius 2 is 2.22 bits per heavy atom. The number of carbonyl (C=O) groups is 2. The second kappa shape index (κ2) is 6.55. The van der Waals surface area contributed by atoms with E-state index in [1.54, 1.807) is 7.05 Å². The van der Waals surface area contributed by atoms with Crippen LogP contribution in [0.3, 0.4) is 0 Å². The molecule has 104 valence electrons. The summed E-state index contributed by atoms with van der Waals surface area (Å²) >= 11 is 0. The summed E-state index contributed by atoms with van der Waals surface area (Å²) in [5.41, 5.74) is 0. The number of hydrogen-bond donors (Lipinski definition) is 3. The average molecular weight is 259 g/mol. The molecule has 7 heteroatoms. The summed E-state index contributed by atoms with van der Waals surface area (Å²) in [5.74, 6) is -1.34. The molecule has 0 aliphatic carbocycles. The van der Waals surface area contributed by atoms with Crippen LogP contribution in [0.15, 0.2) is 0 Å². The van der Waals surface area contributed by atoms with Gasteiger partial charge in [-0.05, 0) is 26.4 Å². The van der Waals surface area contributed by atoms with Gasteiger partial charge in [-0.15, -0.1) is 0 Å². The maximum atomic E-state index is 11.7. The first-order chi connectivity index (χ1) is 8.41. The van der Waals surface area contributed by atoms with E-state index in [0.29, 0.717) is 12.6 Å². The van der Waals surface area contributed by atoms with Crippen LogP contribution in [-0.4, -0.2) is 77.9 Å². The summed E-state index contributed by atoms with van der Waals surface area (Å²) in [4.78, 5) is 25.8. The lowest BCUT2D eigenvalue weighted by atomic mass is 10.2. The Morgan fingerprint density at radius 1 is 1.56 bits per heavy atom. The van der Waals surface area contributed by atoms with Gasteiger partial charge in [0.05, 0.1) is 6.54 Å². The number of nitrogens with one attached hydrogen (secondary N) is 1. The van der Waals surface area contributed by atoms with Gasteiger partial charge in [0.1, 0.15) is 0 Å². The van der Waals surface area contributed by atoms with Crippen LogP contribution in [0.5, 0.6) is 0 Å². The van der Waals surface area contributed by atoms with Crippen molar-refractivity contribution in [1.29, 1.82) is 0 Å². The SMILES string of the molecule is CN(CC1CCCN1C)C(=O)NC[C@H](O)C(=O)O. The Labute approximate surface area is 106 Å². The van der Waals surface area contributed by atoms with E-state index in [4.69, 9.17) is 10.2 Å². The average Bonchev–Trinajstić information content (AvgIpc) is 2.71. The Balaban J connectivity index is 2.30. The molecule has 3 N–H and O–H groups in total. The summed E-state index contributed by atoms with van der Waals surface area (Å²) in [6.45, 7) is 1.36. The molecule has 1 aliphatic heterocycles. The van der Waals surface area contributed by atoms with Crippen molar-refractivity contribution < 1.29 is 19.8 Å². The standard InChI is InChI=1S/C11H21N3O4/c1-13-5-3-4-8(13)7-14(2)11(18)12-6-9(15)10(16)17/h8-9,15H,3-7H2,1-2H3,(H,12,18)(H,16,17)/t8?,9-/m0/s1. The van der Waals surface area contributed by atoms with Crippen LogP contribution in [-0.2, 0) is 4.79 Å². The van der Waals surface area contributed by atoms with Gasteiger partial charge < -0.3 is 25.3 Å². The van der Waals surface area contributed by atoms with Gasteiger partial charge in [-0.1, -0.05) is 0 Å². The largest absolute Gasteiger partial charge is 0.479 e. The molecule has 2 atom stereocenters. The van der Waals surface area contributed by atoms with Crippen LogP contribution in [0.1, 0.15) is 12.8 Å². The Morgan fingerprint density at radius 3 is 2.72 bits per heavy atom. The van der Waals surface area contributed by atoms with Crippen molar-refractivity contribution in [2.45, 2.75) is 25.0 Å². The number of likely N-dealkylation sites (tertiary alicyclic amines) is 1. The molecular formula is C11H21N3O4. The summed E-state index contributed by atoms with van der Waals surface area (Å²) in [6.07, 6.45) is 0.636. The number of urea groups is 1. The molecule has 1 heterocycles. The molecule has 0 bridgehead atoms. The van der Waals surface area contributed by atoms with Crippen LogP contribution in [0, 0.1) is 0 Å². The third kappa shape index (κ3) is 4.15. The highest BCUT2D eigenvalue weighted by Gasteiger charge is 2.24. The number of carboxylic acids is 1. The van der Waals surface area contributed by atoms with E-state index in [9.17, 15) is 9.59 Å². The second-order valence-corrected chi connectivity index (χ2v) is 4.70. The lowest BCUT2D eigenvalue weighted by molar-refractivity contribution is -0.146. The monoisotopic (exact) mass is 259 g/mol. The molecule has 0 spiro atoms. The van der Waals surface area contributed by atoms with E-state index < -0.39 is 12.1 Å². The molecule has 1 saturated heterocycles. The first-order valence-electron chi connectivity index (χ1n) is 6.02. The van der Waals surface area contributed by atoms with Crippen LogP contribution < -0.4 is 5.32 Å². The van der Waals surface area contributed by atoms with Crippen molar-refractivity contribution in [3.05, 3.63) is 0 Å². The third-order valence-corrected chi connectivity index (χ3v) is 3.23. The number of aliphatic hydroxyl groups excluding tert-OH is 1. The van der Waals surface area contributed by atoms with E-state index in [2.05, 4.69) is 10.2 Å². The van der Waals surface area contributed by atoms with Gasteiger partial charge in [0, 0.05) is 19.6 Å². The van der Waals surface area contributed by atoms with E-state index >= 15 is 0 Å². The molecule has 1 fully saturated rings. The van der Waals surface area contributed by atoms with Gasteiger partial charge in [0.25, 0.3) is 0 Å². The Hall–Kier alpha value is -1.34.